The van der Waals surface area contributed by atoms with E-state index >= 15 is 0 Å². The van der Waals surface area contributed by atoms with Crippen LogP contribution in [-0.4, -0.2) is 147 Å². The number of benzene rings is 2. The second kappa shape index (κ2) is 15.4. The van der Waals surface area contributed by atoms with Gasteiger partial charge in [0, 0.05) is 11.1 Å². The van der Waals surface area contributed by atoms with Crippen molar-refractivity contribution in [2.45, 2.75) is 67.5 Å². The van der Waals surface area contributed by atoms with E-state index in [9.17, 15) is 50.4 Å². The highest BCUT2D eigenvalue weighted by molar-refractivity contribution is 6.09. The van der Waals surface area contributed by atoms with Crippen molar-refractivity contribution in [1.29, 1.82) is 0 Å². The second-order valence-electron chi connectivity index (χ2n) is 10.4. The molecule has 0 radical (unpaired) electrons. The summed E-state index contributed by atoms with van der Waals surface area (Å²) in [6, 6.07) is 14.1. The van der Waals surface area contributed by atoms with Gasteiger partial charge < -0.3 is 64.5 Å². The van der Waals surface area contributed by atoms with Crippen LogP contribution >= 0.6 is 0 Å². The molecule has 0 spiro atoms. The molecular formula is C29H36O15. The molecule has 0 bridgehead atoms. The molecule has 4 rings (SSSR count). The third-order valence-electron chi connectivity index (χ3n) is 7.32. The molecule has 242 valence electrons. The summed E-state index contributed by atoms with van der Waals surface area (Å²) in [7, 11) is 0. The van der Waals surface area contributed by atoms with E-state index in [1.165, 1.54) is 24.3 Å². The quantitative estimate of drug-likeness (QED) is 0.0871. The van der Waals surface area contributed by atoms with E-state index in [2.05, 4.69) is 0 Å². The first-order valence-corrected chi connectivity index (χ1v) is 13.8. The Hall–Kier alpha value is -2.90. The van der Waals surface area contributed by atoms with Gasteiger partial charge in [0.05, 0.1) is 32.0 Å². The zero-order valence-electron chi connectivity index (χ0n) is 23.3. The number of aliphatic hydroxyl groups excluding tert-OH is 8. The van der Waals surface area contributed by atoms with Gasteiger partial charge in [-0.25, -0.2) is 4.79 Å². The van der Waals surface area contributed by atoms with Crippen LogP contribution in [0.25, 0.3) is 0 Å². The molecular weight excluding hydrogens is 588 g/mol. The molecule has 2 aliphatic rings. The zero-order chi connectivity index (χ0) is 32.0. The zero-order valence-corrected chi connectivity index (χ0v) is 23.3. The van der Waals surface area contributed by atoms with Crippen LogP contribution in [-0.2, 0) is 23.7 Å². The molecule has 2 unspecified atom stereocenters. The summed E-state index contributed by atoms with van der Waals surface area (Å²) >= 11 is 0. The fourth-order valence-electron chi connectivity index (χ4n) is 4.81. The summed E-state index contributed by atoms with van der Waals surface area (Å²) in [6.07, 6.45) is -17.2. The molecule has 10 atom stereocenters. The standard InChI is InChI=1S/C29H36O15/c30-10-18-21(33)25(23(35)28(38)43-18)40-12-17(13-41-26-22(34)19(11-31)44-29(39)24(26)36)42-27(37)16-8-6-15(7-9-16)20(32)14-4-2-1-3-5-14/h1-9,17-19,21-26,28-31,33-36,38-39H,10-13H2/t17?,18-,19-,21-,22-,23-,24-,25+,26+,28?,29?/m1/s1. The molecule has 2 aromatic rings. The highest BCUT2D eigenvalue weighted by atomic mass is 16.7. The minimum absolute atomic E-state index is 0.0309. The first-order valence-electron chi connectivity index (χ1n) is 13.8. The molecule has 2 heterocycles. The minimum Gasteiger partial charge on any atom is -0.454 e. The van der Waals surface area contributed by atoms with Crippen molar-refractivity contribution in [3.8, 4) is 0 Å². The van der Waals surface area contributed by atoms with E-state index in [1.54, 1.807) is 30.3 Å². The highest BCUT2D eigenvalue weighted by Gasteiger charge is 2.46. The third-order valence-corrected chi connectivity index (χ3v) is 7.32. The SMILES string of the molecule is O=C(OC(CO[C@H]1[C@H](O)[C@@H](CO)OC(O)[C@@H]1O)CO[C@H]1[C@H](O)[C@@H](CO)OC(O)[C@@H]1O)c1ccc(C(=O)c2ccccc2)cc1. The van der Waals surface area contributed by atoms with Crippen LogP contribution in [0.4, 0.5) is 0 Å². The molecule has 2 fully saturated rings. The Bertz CT molecular complexity index is 1170. The summed E-state index contributed by atoms with van der Waals surface area (Å²) in [5.74, 6) is -1.16. The Balaban J connectivity index is 1.48. The molecule has 15 nitrogen and oxygen atoms in total. The fourth-order valence-corrected chi connectivity index (χ4v) is 4.81. The molecule has 0 saturated carbocycles. The van der Waals surface area contributed by atoms with Crippen LogP contribution in [0.3, 0.4) is 0 Å². The van der Waals surface area contributed by atoms with E-state index in [4.69, 9.17) is 23.7 Å². The lowest BCUT2D eigenvalue weighted by molar-refractivity contribution is -0.302. The van der Waals surface area contributed by atoms with E-state index in [0.29, 0.717) is 11.1 Å². The lowest BCUT2D eigenvalue weighted by atomic mass is 9.99. The first-order chi connectivity index (χ1) is 21.0. The van der Waals surface area contributed by atoms with Gasteiger partial charge in [0.25, 0.3) is 0 Å². The number of aliphatic hydroxyl groups is 8. The maximum atomic E-state index is 13.1. The predicted molar refractivity (Wildman–Crippen MR) is 145 cm³/mol. The monoisotopic (exact) mass is 624 g/mol. The van der Waals surface area contributed by atoms with Crippen LogP contribution in [0.1, 0.15) is 26.3 Å². The van der Waals surface area contributed by atoms with Crippen molar-refractivity contribution in [2.24, 2.45) is 0 Å². The Labute approximate surface area is 251 Å². The number of carbonyl (C=O) groups is 2. The van der Waals surface area contributed by atoms with Crippen molar-refractivity contribution in [2.75, 3.05) is 26.4 Å². The molecule has 2 aliphatic heterocycles. The molecule has 0 aliphatic carbocycles. The fraction of sp³-hybridized carbons (Fsp3) is 0.517. The summed E-state index contributed by atoms with van der Waals surface area (Å²) < 4.78 is 26.5. The minimum atomic E-state index is -1.81. The lowest BCUT2D eigenvalue weighted by Crippen LogP contribution is -2.60. The van der Waals surface area contributed by atoms with Gasteiger partial charge in [-0.1, -0.05) is 42.5 Å². The number of ether oxygens (including phenoxy) is 5. The molecule has 2 saturated heterocycles. The van der Waals surface area contributed by atoms with Crippen LogP contribution in [0, 0.1) is 0 Å². The van der Waals surface area contributed by atoms with E-state index in [0.717, 1.165) is 0 Å². The van der Waals surface area contributed by atoms with Gasteiger partial charge in [-0.15, -0.1) is 0 Å². The Morgan fingerprint density at radius 2 is 1.07 bits per heavy atom. The maximum absolute atomic E-state index is 13.1. The number of rotatable bonds is 12. The number of ketones is 1. The molecule has 2 aromatic carbocycles. The Morgan fingerprint density at radius 3 is 1.52 bits per heavy atom. The average Bonchev–Trinajstić information content (AvgIpc) is 3.04. The van der Waals surface area contributed by atoms with Gasteiger partial charge in [-0.05, 0) is 12.1 Å². The smallest absolute Gasteiger partial charge is 0.338 e. The van der Waals surface area contributed by atoms with Gasteiger partial charge in [-0.2, -0.15) is 0 Å². The van der Waals surface area contributed by atoms with Crippen LogP contribution in [0.5, 0.6) is 0 Å². The Morgan fingerprint density at radius 1 is 0.636 bits per heavy atom. The lowest BCUT2D eigenvalue weighted by Gasteiger charge is -2.41. The van der Waals surface area contributed by atoms with E-state index in [-0.39, 0.29) is 11.3 Å². The molecule has 0 aromatic heterocycles. The van der Waals surface area contributed by atoms with Crippen LogP contribution in [0.2, 0.25) is 0 Å². The number of hydrogen-bond acceptors (Lipinski definition) is 15. The first kappa shape index (κ1) is 34.0. The van der Waals surface area contributed by atoms with Gasteiger partial charge in [0.15, 0.2) is 18.4 Å². The molecule has 15 heteroatoms. The van der Waals surface area contributed by atoms with E-state index < -0.39 is 99.9 Å². The summed E-state index contributed by atoms with van der Waals surface area (Å²) in [5, 5.41) is 80.2. The number of carbonyl (C=O) groups excluding carboxylic acids is 2. The highest BCUT2D eigenvalue weighted by Crippen LogP contribution is 2.25. The molecule has 0 amide bonds. The Kier molecular flexibility index (Phi) is 11.9. The van der Waals surface area contributed by atoms with Crippen molar-refractivity contribution in [3.05, 3.63) is 71.3 Å². The van der Waals surface area contributed by atoms with Crippen molar-refractivity contribution >= 4 is 11.8 Å². The second-order valence-corrected chi connectivity index (χ2v) is 10.4. The number of esters is 1. The van der Waals surface area contributed by atoms with Crippen molar-refractivity contribution < 1.29 is 74.1 Å². The summed E-state index contributed by atoms with van der Waals surface area (Å²) in [6.45, 7) is -2.55. The number of hydrogen-bond donors (Lipinski definition) is 8. The largest absolute Gasteiger partial charge is 0.454 e. The van der Waals surface area contributed by atoms with Gasteiger partial charge in [0.1, 0.15) is 54.9 Å². The average molecular weight is 625 g/mol. The maximum Gasteiger partial charge on any atom is 0.338 e. The predicted octanol–water partition coefficient (Wildman–Crippen LogP) is -2.92. The van der Waals surface area contributed by atoms with Crippen molar-refractivity contribution in [1.82, 2.24) is 0 Å². The van der Waals surface area contributed by atoms with Gasteiger partial charge in [-0.3, -0.25) is 4.79 Å². The van der Waals surface area contributed by atoms with E-state index in [1.807, 2.05) is 0 Å². The molecule has 44 heavy (non-hydrogen) atoms. The summed E-state index contributed by atoms with van der Waals surface area (Å²) in [5.41, 5.74) is 0.799. The van der Waals surface area contributed by atoms with Crippen LogP contribution in [0.15, 0.2) is 54.6 Å². The van der Waals surface area contributed by atoms with Crippen molar-refractivity contribution in [3.63, 3.8) is 0 Å². The third kappa shape index (κ3) is 7.84. The van der Waals surface area contributed by atoms with Gasteiger partial charge in [0.2, 0.25) is 0 Å². The molecule has 8 N–H and O–H groups in total. The van der Waals surface area contributed by atoms with Gasteiger partial charge >= 0.3 is 5.97 Å². The normalized spacial score (nSPS) is 33.0. The topological polar surface area (TPSA) is 242 Å². The van der Waals surface area contributed by atoms with Crippen LogP contribution < -0.4 is 0 Å². The summed E-state index contributed by atoms with van der Waals surface area (Å²) in [4.78, 5) is 25.8.